The molecule has 0 bridgehead atoms. The number of likely N-dealkylation sites (tertiary alicyclic amines) is 1. The van der Waals surface area contributed by atoms with Gasteiger partial charge in [0, 0.05) is 24.0 Å². The molecular formula is C15H19BrN2O3. The van der Waals surface area contributed by atoms with Crippen LogP contribution in [0.15, 0.2) is 18.2 Å². The minimum Gasteiger partial charge on any atom is -0.338 e. The third kappa shape index (κ3) is 3.61. The Labute approximate surface area is 132 Å². The molecule has 1 aliphatic rings. The van der Waals surface area contributed by atoms with E-state index in [2.05, 4.69) is 15.9 Å². The maximum atomic E-state index is 12.6. The summed E-state index contributed by atoms with van der Waals surface area (Å²) in [6.45, 7) is 3.04. The molecule has 0 aliphatic carbocycles. The maximum absolute atomic E-state index is 12.6. The summed E-state index contributed by atoms with van der Waals surface area (Å²) in [6, 6.07) is 4.93. The molecule has 0 N–H and O–H groups in total. The van der Waals surface area contributed by atoms with Gasteiger partial charge in [0.05, 0.1) is 4.92 Å². The van der Waals surface area contributed by atoms with Crippen LogP contribution in [0, 0.1) is 23.0 Å². The molecule has 21 heavy (non-hydrogen) atoms. The van der Waals surface area contributed by atoms with Gasteiger partial charge in [0.25, 0.3) is 11.6 Å². The number of amides is 1. The van der Waals surface area contributed by atoms with Crippen molar-refractivity contribution in [3.63, 3.8) is 0 Å². The fourth-order valence-electron chi connectivity index (χ4n) is 2.88. The molecule has 0 radical (unpaired) electrons. The van der Waals surface area contributed by atoms with Gasteiger partial charge < -0.3 is 4.90 Å². The molecule has 1 aliphatic heterocycles. The zero-order valence-electron chi connectivity index (χ0n) is 12.0. The summed E-state index contributed by atoms with van der Waals surface area (Å²) >= 11 is 3.43. The average Bonchev–Trinajstić information content (AvgIpc) is 2.46. The van der Waals surface area contributed by atoms with Crippen LogP contribution in [0.3, 0.4) is 0 Å². The molecular weight excluding hydrogens is 336 g/mol. The molecule has 1 fully saturated rings. The van der Waals surface area contributed by atoms with Gasteiger partial charge in [0.1, 0.15) is 5.56 Å². The number of rotatable bonds is 4. The van der Waals surface area contributed by atoms with E-state index in [4.69, 9.17) is 0 Å². The Morgan fingerprint density at radius 2 is 2.29 bits per heavy atom. The number of carbonyl (C=O) groups excluding carboxylic acids is 1. The molecule has 0 aromatic heterocycles. The normalized spacial score (nSPS) is 18.6. The van der Waals surface area contributed by atoms with Crippen LogP contribution in [0.1, 0.15) is 35.2 Å². The molecule has 2 rings (SSSR count). The predicted molar refractivity (Wildman–Crippen MR) is 84.9 cm³/mol. The molecule has 5 nitrogen and oxygen atoms in total. The second kappa shape index (κ2) is 7.02. The van der Waals surface area contributed by atoms with Gasteiger partial charge >= 0.3 is 0 Å². The molecule has 114 valence electrons. The fraction of sp³-hybridized carbons (Fsp3) is 0.533. The van der Waals surface area contributed by atoms with E-state index >= 15 is 0 Å². The number of carbonyl (C=O) groups is 1. The summed E-state index contributed by atoms with van der Waals surface area (Å²) in [5.41, 5.74) is 0.671. The van der Waals surface area contributed by atoms with Crippen LogP contribution in [0.4, 0.5) is 5.69 Å². The van der Waals surface area contributed by atoms with Gasteiger partial charge in [-0.2, -0.15) is 0 Å². The maximum Gasteiger partial charge on any atom is 0.285 e. The summed E-state index contributed by atoms with van der Waals surface area (Å²) in [7, 11) is 0. The van der Waals surface area contributed by atoms with Gasteiger partial charge in [-0.15, -0.1) is 0 Å². The Balaban J connectivity index is 2.24. The first kappa shape index (κ1) is 15.9. The summed E-state index contributed by atoms with van der Waals surface area (Å²) in [5, 5.41) is 12.1. The summed E-state index contributed by atoms with van der Waals surface area (Å²) in [5.74, 6) is 0.260. The monoisotopic (exact) mass is 354 g/mol. The second-order valence-corrected chi connectivity index (χ2v) is 6.26. The van der Waals surface area contributed by atoms with Crippen molar-refractivity contribution < 1.29 is 9.72 Å². The van der Waals surface area contributed by atoms with Crippen LogP contribution in [0.5, 0.6) is 0 Å². The average molecular weight is 355 g/mol. The third-order valence-corrected chi connectivity index (χ3v) is 4.43. The van der Waals surface area contributed by atoms with Crippen LogP contribution in [0.25, 0.3) is 0 Å². The molecule has 1 heterocycles. The third-order valence-electron chi connectivity index (χ3n) is 3.97. The zero-order chi connectivity index (χ0) is 15.4. The Morgan fingerprint density at radius 1 is 1.52 bits per heavy atom. The van der Waals surface area contributed by atoms with Gasteiger partial charge in [-0.1, -0.05) is 28.1 Å². The molecule has 1 unspecified atom stereocenters. The Kier molecular flexibility index (Phi) is 5.33. The van der Waals surface area contributed by atoms with Crippen LogP contribution in [0.2, 0.25) is 0 Å². The summed E-state index contributed by atoms with van der Waals surface area (Å²) in [6.07, 6.45) is 3.11. The lowest BCUT2D eigenvalue weighted by atomic mass is 9.95. The Hall–Kier alpha value is -1.43. The van der Waals surface area contributed by atoms with Gasteiger partial charge in [-0.3, -0.25) is 14.9 Å². The molecule has 1 aromatic rings. The van der Waals surface area contributed by atoms with Crippen molar-refractivity contribution in [2.45, 2.75) is 26.2 Å². The lowest BCUT2D eigenvalue weighted by Gasteiger charge is -2.32. The van der Waals surface area contributed by atoms with Crippen molar-refractivity contribution in [1.29, 1.82) is 0 Å². The number of hydrogen-bond acceptors (Lipinski definition) is 3. The molecule has 6 heteroatoms. The molecule has 1 atom stereocenters. The van der Waals surface area contributed by atoms with E-state index in [1.165, 1.54) is 0 Å². The number of para-hydroxylation sites is 1. The SMILES string of the molecule is Cc1cccc(C(=O)N2CCCC(CCBr)C2)c1[N+](=O)[O-]. The fourth-order valence-corrected chi connectivity index (χ4v) is 3.53. The van der Waals surface area contributed by atoms with Crippen LogP contribution < -0.4 is 0 Å². The van der Waals surface area contributed by atoms with Gasteiger partial charge in [0.15, 0.2) is 0 Å². The number of benzene rings is 1. The van der Waals surface area contributed by atoms with Crippen molar-refractivity contribution in [2.24, 2.45) is 5.92 Å². The number of piperidine rings is 1. The van der Waals surface area contributed by atoms with Gasteiger partial charge in [-0.25, -0.2) is 0 Å². The minimum atomic E-state index is -0.456. The molecule has 0 saturated carbocycles. The predicted octanol–water partition coefficient (Wildman–Crippen LogP) is 3.54. The van der Waals surface area contributed by atoms with E-state index in [0.717, 1.165) is 24.6 Å². The lowest BCUT2D eigenvalue weighted by Crippen LogP contribution is -2.40. The van der Waals surface area contributed by atoms with E-state index in [0.29, 0.717) is 24.6 Å². The highest BCUT2D eigenvalue weighted by Gasteiger charge is 2.29. The number of alkyl halides is 1. The number of aryl methyl sites for hydroxylation is 1. The number of halogens is 1. The Bertz CT molecular complexity index is 546. The van der Waals surface area contributed by atoms with E-state index < -0.39 is 4.92 Å². The van der Waals surface area contributed by atoms with Crippen molar-refractivity contribution >= 4 is 27.5 Å². The summed E-state index contributed by atoms with van der Waals surface area (Å²) < 4.78 is 0. The van der Waals surface area contributed by atoms with Crippen molar-refractivity contribution in [1.82, 2.24) is 4.90 Å². The lowest BCUT2D eigenvalue weighted by molar-refractivity contribution is -0.385. The number of hydrogen-bond donors (Lipinski definition) is 0. The standard InChI is InChI=1S/C15H19BrN2O3/c1-11-4-2-6-13(14(11)18(20)21)15(19)17-9-3-5-12(10-17)7-8-16/h2,4,6,12H,3,5,7-10H2,1H3. The van der Waals surface area contributed by atoms with Crippen molar-refractivity contribution in [3.05, 3.63) is 39.4 Å². The number of nitrogens with zero attached hydrogens (tertiary/aromatic N) is 2. The minimum absolute atomic E-state index is 0.0647. The van der Waals surface area contributed by atoms with Gasteiger partial charge in [0.2, 0.25) is 0 Å². The Morgan fingerprint density at radius 3 is 2.95 bits per heavy atom. The van der Waals surface area contributed by atoms with Crippen LogP contribution >= 0.6 is 15.9 Å². The van der Waals surface area contributed by atoms with Gasteiger partial charge in [-0.05, 0) is 38.2 Å². The molecule has 1 saturated heterocycles. The smallest absolute Gasteiger partial charge is 0.285 e. The van der Waals surface area contributed by atoms with Crippen molar-refractivity contribution in [3.8, 4) is 0 Å². The number of nitro groups is 1. The first-order valence-corrected chi connectivity index (χ1v) is 8.26. The highest BCUT2D eigenvalue weighted by molar-refractivity contribution is 9.09. The number of nitro benzene ring substituents is 1. The van der Waals surface area contributed by atoms with E-state index in [1.807, 2.05) is 0 Å². The first-order chi connectivity index (χ1) is 10.0. The molecule has 0 spiro atoms. The van der Waals surface area contributed by atoms with Crippen molar-refractivity contribution in [2.75, 3.05) is 18.4 Å². The highest BCUT2D eigenvalue weighted by atomic mass is 79.9. The molecule has 1 amide bonds. The van der Waals surface area contributed by atoms with Crippen LogP contribution in [-0.2, 0) is 0 Å². The van der Waals surface area contributed by atoms with E-state index in [9.17, 15) is 14.9 Å². The quantitative estimate of drug-likeness (QED) is 0.471. The van der Waals surface area contributed by atoms with Crippen LogP contribution in [-0.4, -0.2) is 34.2 Å². The van der Waals surface area contributed by atoms with E-state index in [-0.39, 0.29) is 17.2 Å². The molecule has 1 aromatic carbocycles. The topological polar surface area (TPSA) is 63.5 Å². The van der Waals surface area contributed by atoms with E-state index in [1.54, 1.807) is 30.0 Å². The second-order valence-electron chi connectivity index (χ2n) is 5.47. The first-order valence-electron chi connectivity index (χ1n) is 7.13. The highest BCUT2D eigenvalue weighted by Crippen LogP contribution is 2.27. The largest absolute Gasteiger partial charge is 0.338 e. The summed E-state index contributed by atoms with van der Waals surface area (Å²) in [4.78, 5) is 25.2. The zero-order valence-corrected chi connectivity index (χ0v) is 13.6.